The molecule has 8 heteroatoms. The zero-order valence-electron chi connectivity index (χ0n) is 19.7. The number of H-pyrrole nitrogens is 1. The van der Waals surface area contributed by atoms with Gasteiger partial charge < -0.3 is 4.42 Å². The maximum atomic E-state index is 12.5. The molecule has 35 heavy (non-hydrogen) atoms. The van der Waals surface area contributed by atoms with Gasteiger partial charge in [0.2, 0.25) is 15.9 Å². The third-order valence-corrected chi connectivity index (χ3v) is 7.03. The third kappa shape index (κ3) is 4.97. The topological polar surface area (TPSA) is 101 Å². The molecule has 7 nitrogen and oxygen atoms in total. The van der Waals surface area contributed by atoms with Crippen LogP contribution in [0.3, 0.4) is 0 Å². The van der Waals surface area contributed by atoms with E-state index in [0.717, 1.165) is 27.9 Å². The van der Waals surface area contributed by atoms with Crippen LogP contribution in [0.2, 0.25) is 0 Å². The molecule has 0 atom stereocenters. The molecule has 0 aliphatic rings. The molecule has 0 saturated heterocycles. The lowest BCUT2D eigenvalue weighted by molar-refractivity contribution is 0.590. The van der Waals surface area contributed by atoms with Crippen molar-refractivity contribution in [3.8, 4) is 22.7 Å². The molecule has 5 rings (SSSR count). The summed E-state index contributed by atoms with van der Waals surface area (Å²) >= 11 is 0. The number of anilines is 1. The van der Waals surface area contributed by atoms with Crippen LogP contribution in [0.15, 0.2) is 83.4 Å². The van der Waals surface area contributed by atoms with Gasteiger partial charge in [-0.15, -0.1) is 0 Å². The lowest BCUT2D eigenvalue weighted by Crippen LogP contribution is -2.14. The maximum Gasteiger partial charge on any atom is 0.236 e. The van der Waals surface area contributed by atoms with Crippen LogP contribution in [0.4, 0.5) is 5.69 Å². The number of nitrogens with one attached hydrogen (secondary N) is 2. The van der Waals surface area contributed by atoms with E-state index >= 15 is 0 Å². The van der Waals surface area contributed by atoms with E-state index in [2.05, 4.69) is 47.8 Å². The summed E-state index contributed by atoms with van der Waals surface area (Å²) in [7, 11) is -3.53. The minimum absolute atomic E-state index is 0.0124. The number of sulfonamides is 1. The average molecular weight is 487 g/mol. The van der Waals surface area contributed by atoms with Crippen molar-refractivity contribution in [3.63, 3.8) is 0 Å². The summed E-state index contributed by atoms with van der Waals surface area (Å²) in [5.41, 5.74) is 6.23. The molecule has 3 aromatic carbocycles. The first kappa shape index (κ1) is 22.9. The molecule has 0 bridgehead atoms. The highest BCUT2D eigenvalue weighted by Crippen LogP contribution is 2.34. The molecule has 0 amide bonds. The molecule has 0 unspecified atom stereocenters. The second-order valence-corrected chi connectivity index (χ2v) is 11.3. The Bertz CT molecular complexity index is 1580. The van der Waals surface area contributed by atoms with E-state index in [4.69, 9.17) is 9.40 Å². The normalized spacial score (nSPS) is 12.2. The van der Waals surface area contributed by atoms with Gasteiger partial charge in [0, 0.05) is 11.3 Å². The van der Waals surface area contributed by atoms with E-state index in [1.165, 1.54) is 5.56 Å². The van der Waals surface area contributed by atoms with Crippen LogP contribution in [0.25, 0.3) is 33.8 Å². The summed E-state index contributed by atoms with van der Waals surface area (Å²) in [5.74, 6) is 0.386. The molecule has 0 saturated carbocycles. The first-order valence-electron chi connectivity index (χ1n) is 11.3. The van der Waals surface area contributed by atoms with Crippen LogP contribution < -0.4 is 4.72 Å². The third-order valence-electron chi connectivity index (χ3n) is 5.77. The molecule has 0 fully saturated rings. The van der Waals surface area contributed by atoms with Crippen molar-refractivity contribution in [1.82, 2.24) is 15.2 Å². The highest BCUT2D eigenvalue weighted by Gasteiger charge is 2.19. The molecule has 2 aromatic heterocycles. The minimum Gasteiger partial charge on any atom is -0.436 e. The number of oxazole rings is 1. The smallest absolute Gasteiger partial charge is 0.236 e. The predicted molar refractivity (Wildman–Crippen MR) is 138 cm³/mol. The Morgan fingerprint density at radius 1 is 0.971 bits per heavy atom. The molecular weight excluding hydrogens is 460 g/mol. The Morgan fingerprint density at radius 2 is 1.71 bits per heavy atom. The van der Waals surface area contributed by atoms with Crippen molar-refractivity contribution in [2.45, 2.75) is 31.9 Å². The molecule has 0 aliphatic heterocycles. The van der Waals surface area contributed by atoms with Gasteiger partial charge >= 0.3 is 0 Å². The van der Waals surface area contributed by atoms with Crippen LogP contribution in [-0.4, -0.2) is 23.6 Å². The summed E-state index contributed by atoms with van der Waals surface area (Å²) in [6.07, 6.45) is 1.68. The first-order chi connectivity index (χ1) is 16.7. The molecular formula is C27H26N4O3S. The Kier molecular flexibility index (Phi) is 5.68. The van der Waals surface area contributed by atoms with Gasteiger partial charge in [-0.05, 0) is 40.8 Å². The SMILES string of the molecule is CC(C)(C)c1ccc2oc(-c3cn[nH]c3-c3ccc(NS(=O)(=O)Cc4ccccc4)cc3)nc2c1. The monoisotopic (exact) mass is 486 g/mol. The second kappa shape index (κ2) is 8.70. The molecule has 0 spiro atoms. The fourth-order valence-electron chi connectivity index (χ4n) is 3.89. The second-order valence-electron chi connectivity index (χ2n) is 9.53. The summed E-state index contributed by atoms with van der Waals surface area (Å²) < 4.78 is 33.8. The van der Waals surface area contributed by atoms with Crippen LogP contribution >= 0.6 is 0 Å². The van der Waals surface area contributed by atoms with Crippen LogP contribution in [0.1, 0.15) is 31.9 Å². The van der Waals surface area contributed by atoms with Crippen molar-refractivity contribution < 1.29 is 12.8 Å². The number of hydrogen-bond donors (Lipinski definition) is 2. The van der Waals surface area contributed by atoms with Crippen molar-refractivity contribution >= 4 is 26.8 Å². The highest BCUT2D eigenvalue weighted by atomic mass is 32.2. The van der Waals surface area contributed by atoms with Gasteiger partial charge in [0.05, 0.1) is 23.2 Å². The van der Waals surface area contributed by atoms with Crippen LogP contribution in [0.5, 0.6) is 0 Å². The fourth-order valence-corrected chi connectivity index (χ4v) is 5.09. The quantitative estimate of drug-likeness (QED) is 0.301. The first-order valence-corrected chi connectivity index (χ1v) is 12.9. The van der Waals surface area contributed by atoms with Crippen LogP contribution in [-0.2, 0) is 21.2 Å². The van der Waals surface area contributed by atoms with Crippen molar-refractivity contribution in [1.29, 1.82) is 0 Å². The summed E-state index contributed by atoms with van der Waals surface area (Å²) in [6.45, 7) is 6.48. The van der Waals surface area contributed by atoms with E-state index in [9.17, 15) is 8.42 Å². The van der Waals surface area contributed by atoms with E-state index in [1.807, 2.05) is 36.4 Å². The minimum atomic E-state index is -3.53. The summed E-state index contributed by atoms with van der Waals surface area (Å²) in [4.78, 5) is 4.70. The van der Waals surface area contributed by atoms with Gasteiger partial charge in [-0.25, -0.2) is 13.4 Å². The van der Waals surface area contributed by atoms with E-state index in [-0.39, 0.29) is 11.2 Å². The van der Waals surface area contributed by atoms with Crippen molar-refractivity contribution in [3.05, 3.63) is 90.1 Å². The Balaban J connectivity index is 1.39. The van der Waals surface area contributed by atoms with E-state index in [1.54, 1.807) is 30.5 Å². The number of fused-ring (bicyclic) bond motifs is 1. The maximum absolute atomic E-state index is 12.5. The number of aromatic amines is 1. The molecule has 178 valence electrons. The zero-order chi connectivity index (χ0) is 24.6. The Morgan fingerprint density at radius 3 is 2.43 bits per heavy atom. The largest absolute Gasteiger partial charge is 0.436 e. The number of aromatic nitrogens is 3. The summed E-state index contributed by atoms with van der Waals surface area (Å²) in [5, 5.41) is 7.21. The number of benzene rings is 3. The molecule has 2 heterocycles. The number of nitrogens with zero attached hydrogens (tertiary/aromatic N) is 2. The lowest BCUT2D eigenvalue weighted by atomic mass is 9.87. The van der Waals surface area contributed by atoms with Crippen LogP contribution in [0, 0.1) is 0 Å². The lowest BCUT2D eigenvalue weighted by Gasteiger charge is -2.18. The van der Waals surface area contributed by atoms with E-state index in [0.29, 0.717) is 17.2 Å². The highest BCUT2D eigenvalue weighted by molar-refractivity contribution is 7.91. The Hall–Kier alpha value is -3.91. The van der Waals surface area contributed by atoms with Gasteiger partial charge in [0.1, 0.15) is 5.52 Å². The van der Waals surface area contributed by atoms with E-state index < -0.39 is 10.0 Å². The average Bonchev–Trinajstić information content (AvgIpc) is 3.45. The number of rotatable bonds is 6. The molecule has 0 aliphatic carbocycles. The number of hydrogen-bond acceptors (Lipinski definition) is 5. The zero-order valence-corrected chi connectivity index (χ0v) is 20.6. The van der Waals surface area contributed by atoms with Gasteiger partial charge in [0.15, 0.2) is 5.58 Å². The standard InChI is InChI=1S/C27H26N4O3S/c1-27(2,3)20-11-14-24-23(15-20)29-26(34-24)22-16-28-30-25(22)19-9-12-21(13-10-19)31-35(32,33)17-18-7-5-4-6-8-18/h4-16,31H,17H2,1-3H3,(H,28,30). The van der Waals surface area contributed by atoms with Crippen molar-refractivity contribution in [2.24, 2.45) is 0 Å². The van der Waals surface area contributed by atoms with Gasteiger partial charge in [-0.2, -0.15) is 5.10 Å². The molecule has 0 radical (unpaired) electrons. The van der Waals surface area contributed by atoms with Crippen molar-refractivity contribution in [2.75, 3.05) is 4.72 Å². The fraction of sp³-hybridized carbons (Fsp3) is 0.185. The molecule has 2 N–H and O–H groups in total. The Labute approximate surface area is 204 Å². The summed E-state index contributed by atoms with van der Waals surface area (Å²) in [6, 6.07) is 22.3. The van der Waals surface area contributed by atoms with Gasteiger partial charge in [0.25, 0.3) is 0 Å². The molecule has 5 aromatic rings. The van der Waals surface area contributed by atoms with Gasteiger partial charge in [-0.1, -0.05) is 69.3 Å². The van der Waals surface area contributed by atoms with Gasteiger partial charge in [-0.3, -0.25) is 9.82 Å². The predicted octanol–water partition coefficient (Wildman–Crippen LogP) is 6.12.